The summed E-state index contributed by atoms with van der Waals surface area (Å²) in [5.74, 6) is 0.239. The van der Waals surface area contributed by atoms with Gasteiger partial charge in [-0.15, -0.1) is 0 Å². The van der Waals surface area contributed by atoms with Gasteiger partial charge in [-0.2, -0.15) is 0 Å². The van der Waals surface area contributed by atoms with E-state index in [1.165, 1.54) is 0 Å². The van der Waals surface area contributed by atoms with Crippen molar-refractivity contribution in [2.24, 2.45) is 0 Å². The summed E-state index contributed by atoms with van der Waals surface area (Å²) < 4.78 is 1.19. The van der Waals surface area contributed by atoms with Crippen LogP contribution in [0.1, 0.15) is 23.6 Å². The van der Waals surface area contributed by atoms with Gasteiger partial charge in [-0.3, -0.25) is 4.79 Å². The summed E-state index contributed by atoms with van der Waals surface area (Å²) in [6.45, 7) is 3.69. The maximum absolute atomic E-state index is 12.1. The van der Waals surface area contributed by atoms with E-state index in [-0.39, 0.29) is 11.5 Å². The SMILES string of the molecule is CC1=C/C(=C(\c2ccccc2)c2cc(C)c(O)c(Br)c2)C=C(Br)C1=O. The summed E-state index contributed by atoms with van der Waals surface area (Å²) >= 11 is 6.80. The van der Waals surface area contributed by atoms with Crippen LogP contribution < -0.4 is 0 Å². The Bertz CT molecular complexity index is 904. The monoisotopic (exact) mass is 458 g/mol. The van der Waals surface area contributed by atoms with Crippen LogP contribution in [0.4, 0.5) is 0 Å². The number of phenols is 1. The van der Waals surface area contributed by atoms with E-state index >= 15 is 0 Å². The Balaban J connectivity index is 2.33. The molecule has 3 rings (SSSR count). The third kappa shape index (κ3) is 3.55. The molecule has 0 unspecified atom stereocenters. The van der Waals surface area contributed by atoms with E-state index in [2.05, 4.69) is 31.9 Å². The van der Waals surface area contributed by atoms with Crippen molar-refractivity contribution in [1.82, 2.24) is 0 Å². The van der Waals surface area contributed by atoms with Crippen LogP contribution in [0, 0.1) is 6.92 Å². The predicted octanol–water partition coefficient (Wildman–Crippen LogP) is 6.07. The number of hydrogen-bond acceptors (Lipinski definition) is 2. The predicted molar refractivity (Wildman–Crippen MR) is 109 cm³/mol. The molecule has 0 spiro atoms. The number of hydrogen-bond donors (Lipinski definition) is 1. The Kier molecular flexibility index (Phi) is 5.11. The first-order valence-corrected chi connectivity index (χ1v) is 9.36. The highest BCUT2D eigenvalue weighted by atomic mass is 79.9. The van der Waals surface area contributed by atoms with Gasteiger partial charge in [0, 0.05) is 0 Å². The molecule has 0 radical (unpaired) electrons. The Morgan fingerprint density at radius 2 is 1.64 bits per heavy atom. The van der Waals surface area contributed by atoms with Crippen LogP contribution in [0.5, 0.6) is 5.75 Å². The van der Waals surface area contributed by atoms with Crippen LogP contribution in [0.15, 0.2) is 74.7 Å². The van der Waals surface area contributed by atoms with Crippen LogP contribution in [0.25, 0.3) is 5.57 Å². The highest BCUT2D eigenvalue weighted by Crippen LogP contribution is 2.37. The number of phenolic OH excluding ortho intramolecular Hbond substituents is 1. The quantitative estimate of drug-likeness (QED) is 0.591. The number of allylic oxidation sites excluding steroid dienone is 5. The number of Topliss-reactive ketones (excluding diaryl/α,β-unsaturated/α-hetero) is 1. The van der Waals surface area contributed by atoms with Crippen LogP contribution in [0.3, 0.4) is 0 Å². The second kappa shape index (κ2) is 7.14. The minimum Gasteiger partial charge on any atom is -0.506 e. The fraction of sp³-hybridized carbons (Fsp3) is 0.0952. The molecule has 0 saturated heterocycles. The van der Waals surface area contributed by atoms with E-state index in [9.17, 15) is 9.90 Å². The molecule has 0 aliphatic heterocycles. The van der Waals surface area contributed by atoms with Crippen molar-refractivity contribution >= 4 is 43.2 Å². The zero-order valence-corrected chi connectivity index (χ0v) is 17.0. The molecule has 1 aliphatic rings. The minimum absolute atomic E-state index is 0.000714. The summed E-state index contributed by atoms with van der Waals surface area (Å²) in [4.78, 5) is 12.1. The zero-order chi connectivity index (χ0) is 18.1. The third-order valence-corrected chi connectivity index (χ3v) is 5.32. The van der Waals surface area contributed by atoms with Crippen molar-refractivity contribution in [2.45, 2.75) is 13.8 Å². The fourth-order valence-electron chi connectivity index (χ4n) is 2.86. The van der Waals surface area contributed by atoms with E-state index in [4.69, 9.17) is 0 Å². The minimum atomic E-state index is -0.000714. The summed E-state index contributed by atoms with van der Waals surface area (Å²) in [5, 5.41) is 10.1. The van der Waals surface area contributed by atoms with Gasteiger partial charge in [0.15, 0.2) is 5.78 Å². The highest BCUT2D eigenvalue weighted by Gasteiger charge is 2.19. The lowest BCUT2D eigenvalue weighted by molar-refractivity contribution is -0.111. The summed E-state index contributed by atoms with van der Waals surface area (Å²) in [6, 6.07) is 13.9. The van der Waals surface area contributed by atoms with Crippen LogP contribution >= 0.6 is 31.9 Å². The van der Waals surface area contributed by atoms with Crippen molar-refractivity contribution in [1.29, 1.82) is 0 Å². The average Bonchev–Trinajstić information content (AvgIpc) is 2.58. The molecule has 2 nitrogen and oxygen atoms in total. The van der Waals surface area contributed by atoms with Gasteiger partial charge in [-0.25, -0.2) is 0 Å². The number of carbonyl (C=O) groups excluding carboxylic acids is 1. The maximum atomic E-state index is 12.1. The van der Waals surface area contributed by atoms with Gasteiger partial charge in [-0.05, 0) is 103 Å². The summed E-state index contributed by atoms with van der Waals surface area (Å²) in [6.07, 6.45) is 3.76. The lowest BCUT2D eigenvalue weighted by Crippen LogP contribution is -2.06. The van der Waals surface area contributed by atoms with Crippen molar-refractivity contribution in [3.63, 3.8) is 0 Å². The van der Waals surface area contributed by atoms with Crippen molar-refractivity contribution in [3.8, 4) is 5.75 Å². The van der Waals surface area contributed by atoms with Gasteiger partial charge in [-0.1, -0.05) is 30.3 Å². The number of halogens is 2. The van der Waals surface area contributed by atoms with Crippen molar-refractivity contribution in [3.05, 3.63) is 91.4 Å². The fourth-order valence-corrected chi connectivity index (χ4v) is 3.98. The first-order valence-electron chi connectivity index (χ1n) is 7.78. The number of aryl methyl sites for hydroxylation is 1. The lowest BCUT2D eigenvalue weighted by atomic mass is 9.88. The molecule has 0 fully saturated rings. The molecule has 1 aliphatic carbocycles. The van der Waals surface area contributed by atoms with Gasteiger partial charge in [0.25, 0.3) is 0 Å². The van der Waals surface area contributed by atoms with Gasteiger partial charge in [0.05, 0.1) is 8.96 Å². The Morgan fingerprint density at radius 3 is 2.24 bits per heavy atom. The first-order chi connectivity index (χ1) is 11.9. The molecule has 126 valence electrons. The molecule has 1 N–H and O–H groups in total. The maximum Gasteiger partial charge on any atom is 0.195 e. The van der Waals surface area contributed by atoms with Crippen molar-refractivity contribution < 1.29 is 9.90 Å². The number of benzene rings is 2. The number of ketones is 1. The van der Waals surface area contributed by atoms with Gasteiger partial charge in [0.1, 0.15) is 5.75 Å². The van der Waals surface area contributed by atoms with Crippen LogP contribution in [-0.4, -0.2) is 10.9 Å². The van der Waals surface area contributed by atoms with E-state index in [1.807, 2.05) is 68.5 Å². The second-order valence-electron chi connectivity index (χ2n) is 5.97. The number of rotatable bonds is 2. The van der Waals surface area contributed by atoms with Gasteiger partial charge >= 0.3 is 0 Å². The lowest BCUT2D eigenvalue weighted by Gasteiger charge is -2.17. The van der Waals surface area contributed by atoms with E-state index in [0.29, 0.717) is 14.5 Å². The Labute approximate surface area is 163 Å². The number of carbonyl (C=O) groups is 1. The highest BCUT2D eigenvalue weighted by molar-refractivity contribution is 9.12. The standard InChI is InChI=1S/C21H16Br2O2/c1-12-8-15(10-17(22)20(12)24)19(14-6-4-3-5-7-14)16-9-13(2)21(25)18(23)11-16/h3-11,24H,1-2H3/b19-16-. The largest absolute Gasteiger partial charge is 0.506 e. The molecule has 0 aromatic heterocycles. The topological polar surface area (TPSA) is 37.3 Å². The van der Waals surface area contributed by atoms with Crippen LogP contribution in [0.2, 0.25) is 0 Å². The molecule has 0 saturated carbocycles. The third-order valence-electron chi connectivity index (χ3n) is 4.12. The molecule has 4 heteroatoms. The molecular formula is C21H16Br2O2. The van der Waals surface area contributed by atoms with Crippen molar-refractivity contribution in [2.75, 3.05) is 0 Å². The summed E-state index contributed by atoms with van der Waals surface area (Å²) in [7, 11) is 0. The molecule has 0 amide bonds. The normalized spacial score (nSPS) is 16.4. The first kappa shape index (κ1) is 17.9. The molecule has 2 aromatic rings. The van der Waals surface area contributed by atoms with Crippen LogP contribution in [-0.2, 0) is 4.79 Å². The molecule has 0 bridgehead atoms. The molecule has 0 heterocycles. The van der Waals surface area contributed by atoms with E-state index in [0.717, 1.165) is 27.8 Å². The van der Waals surface area contributed by atoms with Gasteiger partial charge < -0.3 is 5.11 Å². The van der Waals surface area contributed by atoms with E-state index < -0.39 is 0 Å². The second-order valence-corrected chi connectivity index (χ2v) is 7.68. The van der Waals surface area contributed by atoms with E-state index in [1.54, 1.807) is 0 Å². The average molecular weight is 460 g/mol. The molecule has 0 atom stereocenters. The molecule has 25 heavy (non-hydrogen) atoms. The molecular weight excluding hydrogens is 444 g/mol. The van der Waals surface area contributed by atoms with Gasteiger partial charge in [0.2, 0.25) is 0 Å². The zero-order valence-electron chi connectivity index (χ0n) is 13.8. The Hall–Kier alpha value is -1.91. The molecule has 2 aromatic carbocycles. The summed E-state index contributed by atoms with van der Waals surface area (Å²) in [5.41, 5.74) is 5.45. The Morgan fingerprint density at radius 1 is 0.960 bits per heavy atom. The number of aromatic hydroxyl groups is 1. The smallest absolute Gasteiger partial charge is 0.195 e.